The molecule has 0 amide bonds. The minimum Gasteiger partial charge on any atom is -0.208 e. The van der Waals surface area contributed by atoms with Crippen molar-refractivity contribution in [1.82, 2.24) is 15.0 Å². The van der Waals surface area contributed by atoms with Gasteiger partial charge in [-0.25, -0.2) is 15.0 Å². The van der Waals surface area contributed by atoms with E-state index in [1.165, 1.54) is 11.3 Å². The molecule has 60 heavy (non-hydrogen) atoms. The van der Waals surface area contributed by atoms with E-state index in [0.29, 0.717) is 37.4 Å². The minimum absolute atomic E-state index is 0.00994. The van der Waals surface area contributed by atoms with E-state index in [0.717, 1.165) is 33.4 Å². The van der Waals surface area contributed by atoms with Crippen molar-refractivity contribution in [2.24, 2.45) is 0 Å². The number of rotatable bonds is 6. The highest BCUT2D eigenvalue weighted by Crippen LogP contribution is 2.38. The van der Waals surface area contributed by atoms with Gasteiger partial charge in [0.1, 0.15) is 86.3 Å². The Morgan fingerprint density at radius 3 is 1.10 bits per heavy atom. The van der Waals surface area contributed by atoms with E-state index in [2.05, 4.69) is 0 Å². The molecule has 2 aromatic heterocycles. The van der Waals surface area contributed by atoms with Gasteiger partial charge in [-0.3, -0.25) is 0 Å². The molecular formula is C45H18B11N3S. The van der Waals surface area contributed by atoms with Crippen LogP contribution in [0.15, 0.2) is 109 Å². The molecule has 9 rings (SSSR count). The van der Waals surface area contributed by atoms with Crippen LogP contribution < -0.4 is 60.1 Å². The van der Waals surface area contributed by atoms with Crippen LogP contribution in [0.4, 0.5) is 0 Å². The van der Waals surface area contributed by atoms with Crippen LogP contribution in [-0.4, -0.2) is 101 Å². The molecule has 0 aliphatic rings. The third-order valence-electron chi connectivity index (χ3n) is 10.9. The monoisotopic (exact) mass is 753 g/mol. The molecule has 0 N–H and O–H groups in total. The fraction of sp³-hybridized carbons (Fsp3) is 0. The van der Waals surface area contributed by atoms with E-state index in [1.807, 2.05) is 109 Å². The smallest absolute Gasteiger partial charge is 0.164 e. The Labute approximate surface area is 367 Å². The summed E-state index contributed by atoms with van der Waals surface area (Å²) in [5.74, 6) is 0.957. The maximum absolute atomic E-state index is 7.28. The van der Waals surface area contributed by atoms with Gasteiger partial charge in [-0.2, -0.15) is 0 Å². The fourth-order valence-corrected chi connectivity index (χ4v) is 8.97. The molecule has 7 aromatic carbocycles. The second kappa shape index (κ2) is 15.5. The number of nitrogens with zero attached hydrogens (tertiary/aromatic N) is 3. The molecule has 0 bridgehead atoms. The maximum atomic E-state index is 7.28. The van der Waals surface area contributed by atoms with Crippen LogP contribution in [0.1, 0.15) is 0 Å². The van der Waals surface area contributed by atoms with E-state index in [4.69, 9.17) is 101 Å². The van der Waals surface area contributed by atoms with Crippen LogP contribution in [0.5, 0.6) is 0 Å². The molecule has 0 aliphatic heterocycles. The van der Waals surface area contributed by atoms with Gasteiger partial charge in [-0.1, -0.05) is 142 Å². The van der Waals surface area contributed by atoms with Crippen molar-refractivity contribution in [3.63, 3.8) is 0 Å². The van der Waals surface area contributed by atoms with Crippen LogP contribution in [0.25, 0.3) is 87.7 Å². The Balaban J connectivity index is 1.37. The summed E-state index contributed by atoms with van der Waals surface area (Å²) in [6, 6.07) is 36.1. The maximum Gasteiger partial charge on any atom is 0.164 e. The summed E-state index contributed by atoms with van der Waals surface area (Å²) in [5.41, 5.74) is 7.36. The Morgan fingerprint density at radius 2 is 0.617 bits per heavy atom. The fourth-order valence-electron chi connectivity index (χ4n) is 7.62. The number of hydrogen-bond acceptors (Lipinski definition) is 4. The Hall–Kier alpha value is -5.52. The van der Waals surface area contributed by atoms with Gasteiger partial charge in [0.25, 0.3) is 0 Å². The predicted molar refractivity (Wildman–Crippen MR) is 265 cm³/mol. The molecule has 0 spiro atoms. The molecule has 2 heterocycles. The topological polar surface area (TPSA) is 38.7 Å². The molecular weight excluding hydrogens is 734 g/mol. The highest BCUT2D eigenvalue weighted by molar-refractivity contribution is 7.28. The lowest BCUT2D eigenvalue weighted by Crippen LogP contribution is -2.56. The van der Waals surface area contributed by atoms with Gasteiger partial charge in [-0.05, 0) is 44.2 Å². The van der Waals surface area contributed by atoms with E-state index < -0.39 is 0 Å². The largest absolute Gasteiger partial charge is 0.208 e. The Kier molecular flexibility index (Phi) is 10.3. The summed E-state index contributed by atoms with van der Waals surface area (Å²) in [6.07, 6.45) is 0. The normalized spacial score (nSPS) is 11.4. The van der Waals surface area contributed by atoms with Gasteiger partial charge in [0.05, 0.1) is 0 Å². The predicted octanol–water partition coefficient (Wildman–Crippen LogP) is -1.03. The highest BCUT2D eigenvalue weighted by Gasteiger charge is 2.27. The molecule has 3 nitrogen and oxygen atoms in total. The minimum atomic E-state index is 0.00994. The molecule has 22 radical (unpaired) electrons. The van der Waals surface area contributed by atoms with Crippen LogP contribution in [0.2, 0.25) is 0 Å². The average Bonchev–Trinajstić information content (AvgIpc) is 3.69. The number of thiophene rings is 1. The zero-order chi connectivity index (χ0) is 42.1. The van der Waals surface area contributed by atoms with E-state index >= 15 is 0 Å². The lowest BCUT2D eigenvalue weighted by molar-refractivity contribution is 1.08. The first-order valence-electron chi connectivity index (χ1n) is 18.6. The van der Waals surface area contributed by atoms with Crippen LogP contribution in [0, 0.1) is 0 Å². The molecule has 0 fully saturated rings. The van der Waals surface area contributed by atoms with Crippen molar-refractivity contribution in [1.29, 1.82) is 0 Å². The zero-order valence-corrected chi connectivity index (χ0v) is 32.8. The molecule has 15 heteroatoms. The van der Waals surface area contributed by atoms with Gasteiger partial charge in [0.2, 0.25) is 0 Å². The summed E-state index contributed by atoms with van der Waals surface area (Å²) in [4.78, 5) is 15.2. The van der Waals surface area contributed by atoms with Crippen LogP contribution >= 0.6 is 11.3 Å². The lowest BCUT2D eigenvalue weighted by atomic mass is 9.58. The van der Waals surface area contributed by atoms with E-state index in [1.54, 1.807) is 0 Å². The molecule has 0 saturated carbocycles. The van der Waals surface area contributed by atoms with Crippen molar-refractivity contribution >= 4 is 178 Å². The molecule has 9 aromatic rings. The standard InChI is InChI=1S/C45H18B11N3S/c46-30-25(26-32(48)35(51)38(54)36(52)33(26)49)31(47)29(41-27(30)28-34(50)37(53)39(55)40(56)42(28)60-41)45-58-43(23-15-11-21(12-16-23)19-7-3-1-4-8-19)57-44(59-45)24-17-13-22(14-18-24)20-9-5-2-6-10-20/h1-18H. The number of benzene rings is 7. The van der Waals surface area contributed by atoms with Gasteiger partial charge < -0.3 is 0 Å². The second-order valence-corrected chi connectivity index (χ2v) is 15.4. The number of aromatic nitrogens is 3. The van der Waals surface area contributed by atoms with Crippen LogP contribution in [0.3, 0.4) is 0 Å². The third kappa shape index (κ3) is 6.48. The zero-order valence-electron chi connectivity index (χ0n) is 32.0. The summed E-state index contributed by atoms with van der Waals surface area (Å²) in [5, 5.41) is 0.899. The lowest BCUT2D eigenvalue weighted by Gasteiger charge is -2.26. The van der Waals surface area contributed by atoms with Crippen molar-refractivity contribution < 1.29 is 0 Å². The molecule has 0 unspecified atom stereocenters. The number of fused-ring (bicyclic) bond motifs is 3. The van der Waals surface area contributed by atoms with E-state index in [9.17, 15) is 0 Å². The summed E-state index contributed by atoms with van der Waals surface area (Å²) >= 11 is 1.27. The van der Waals surface area contributed by atoms with Crippen molar-refractivity contribution in [3.8, 4) is 67.5 Å². The van der Waals surface area contributed by atoms with Crippen molar-refractivity contribution in [3.05, 3.63) is 109 Å². The quantitative estimate of drug-likeness (QED) is 0.205. The van der Waals surface area contributed by atoms with Gasteiger partial charge in [0.15, 0.2) is 17.5 Å². The molecule has 252 valence electrons. The average molecular weight is 752 g/mol. The first-order valence-corrected chi connectivity index (χ1v) is 19.5. The van der Waals surface area contributed by atoms with Gasteiger partial charge >= 0.3 is 0 Å². The van der Waals surface area contributed by atoms with E-state index in [-0.39, 0.29) is 77.0 Å². The van der Waals surface area contributed by atoms with Gasteiger partial charge in [0, 0.05) is 26.1 Å². The van der Waals surface area contributed by atoms with Gasteiger partial charge in [-0.15, -0.1) is 38.7 Å². The molecule has 0 atom stereocenters. The Bertz CT molecular complexity index is 3060. The highest BCUT2D eigenvalue weighted by atomic mass is 32.1. The first-order chi connectivity index (χ1) is 28.8. The summed E-state index contributed by atoms with van der Waals surface area (Å²) < 4.78 is 1.07. The first kappa shape index (κ1) is 39.9. The van der Waals surface area contributed by atoms with Crippen LogP contribution in [-0.2, 0) is 0 Å². The third-order valence-corrected chi connectivity index (χ3v) is 12.1. The SMILES string of the molecule is [B]c1c([B])c([B])c(-c2c([B])c(-c3nc(-c4ccc(-c5ccccc5)cc4)nc(-c4ccc(-c5ccccc5)cc4)n3)c3sc4c([B])c([B])c([B])c([B])c4c3c2[B])c([B])c1[B]. The summed E-state index contributed by atoms with van der Waals surface area (Å²) in [6.45, 7) is 0. The molecule has 0 aliphatic carbocycles. The Morgan fingerprint density at radius 1 is 0.267 bits per heavy atom. The summed E-state index contributed by atoms with van der Waals surface area (Å²) in [7, 11) is 73.0. The number of hydrogen-bond donors (Lipinski definition) is 0. The van der Waals surface area contributed by atoms with Crippen molar-refractivity contribution in [2.75, 3.05) is 0 Å². The van der Waals surface area contributed by atoms with Crippen molar-refractivity contribution in [2.45, 2.75) is 0 Å². The molecule has 0 saturated heterocycles. The second-order valence-electron chi connectivity index (χ2n) is 14.4.